The number of nitrogens with one attached hydrogen (secondary N) is 1. The van der Waals surface area contributed by atoms with Crippen LogP contribution in [0, 0.1) is 6.92 Å². The zero-order valence-corrected chi connectivity index (χ0v) is 11.7. The maximum absolute atomic E-state index is 11.2. The first-order valence-electron chi connectivity index (χ1n) is 6.08. The van der Waals surface area contributed by atoms with E-state index in [1.165, 1.54) is 0 Å². The van der Waals surface area contributed by atoms with Gasteiger partial charge in [-0.25, -0.2) is 9.97 Å². The first-order valence-corrected chi connectivity index (χ1v) is 7.07. The van der Waals surface area contributed by atoms with E-state index in [9.17, 15) is 4.79 Å². The number of aromatic nitrogens is 2. The van der Waals surface area contributed by atoms with E-state index in [0.29, 0.717) is 6.42 Å². The van der Waals surface area contributed by atoms with E-state index in [1.807, 2.05) is 13.0 Å². The molecule has 3 N–H and O–H groups in total. The van der Waals surface area contributed by atoms with E-state index in [0.717, 1.165) is 29.6 Å². The zero-order chi connectivity index (χ0) is 13.4. The summed E-state index contributed by atoms with van der Waals surface area (Å²) in [4.78, 5) is 19.7. The molecule has 0 saturated heterocycles. The number of rotatable bonds is 8. The molecule has 0 aliphatic heterocycles. The van der Waals surface area contributed by atoms with E-state index >= 15 is 0 Å². The molecule has 100 valence electrons. The average Bonchev–Trinajstić information content (AvgIpc) is 2.33. The molecule has 0 fully saturated rings. The van der Waals surface area contributed by atoms with Crippen LogP contribution in [0.2, 0.25) is 0 Å². The second-order valence-corrected chi connectivity index (χ2v) is 5.09. The quantitative estimate of drug-likeness (QED) is 0.545. The molecule has 0 spiro atoms. The van der Waals surface area contributed by atoms with Gasteiger partial charge < -0.3 is 11.1 Å². The van der Waals surface area contributed by atoms with Crippen LogP contribution in [-0.2, 0) is 4.79 Å². The Balaban J connectivity index is 2.36. The van der Waals surface area contributed by atoms with Crippen molar-refractivity contribution in [3.63, 3.8) is 0 Å². The molecular weight excluding hydrogens is 248 g/mol. The van der Waals surface area contributed by atoms with Crippen LogP contribution in [0.4, 0.5) is 0 Å². The molecule has 6 heteroatoms. The zero-order valence-electron chi connectivity index (χ0n) is 10.8. The van der Waals surface area contributed by atoms with Gasteiger partial charge in [0.2, 0.25) is 5.91 Å². The first-order chi connectivity index (χ1) is 8.63. The van der Waals surface area contributed by atoms with Crippen molar-refractivity contribution in [2.24, 2.45) is 5.73 Å². The highest BCUT2D eigenvalue weighted by Crippen LogP contribution is 2.14. The summed E-state index contributed by atoms with van der Waals surface area (Å²) in [6.07, 6.45) is 3.42. The van der Waals surface area contributed by atoms with Gasteiger partial charge in [0.15, 0.2) is 5.16 Å². The van der Waals surface area contributed by atoms with E-state index in [1.54, 1.807) is 18.0 Å². The number of nitrogens with two attached hydrogens (primary N) is 1. The van der Waals surface area contributed by atoms with Crippen LogP contribution in [0.15, 0.2) is 17.4 Å². The monoisotopic (exact) mass is 268 g/mol. The fraction of sp³-hybridized carbons (Fsp3) is 0.583. The topological polar surface area (TPSA) is 80.9 Å². The molecule has 0 bridgehead atoms. The Bertz CT molecular complexity index is 386. The largest absolute Gasteiger partial charge is 0.368 e. The highest BCUT2D eigenvalue weighted by Gasteiger charge is 2.13. The van der Waals surface area contributed by atoms with Gasteiger partial charge in [-0.2, -0.15) is 0 Å². The van der Waals surface area contributed by atoms with Gasteiger partial charge in [-0.15, -0.1) is 0 Å². The van der Waals surface area contributed by atoms with Crippen molar-refractivity contribution in [3.05, 3.63) is 18.0 Å². The van der Waals surface area contributed by atoms with Crippen molar-refractivity contribution >= 4 is 17.7 Å². The Morgan fingerprint density at radius 1 is 1.61 bits per heavy atom. The molecule has 0 aromatic carbocycles. The third kappa shape index (κ3) is 5.46. The van der Waals surface area contributed by atoms with Gasteiger partial charge in [-0.05, 0) is 32.4 Å². The van der Waals surface area contributed by atoms with Crippen LogP contribution in [0.1, 0.15) is 25.5 Å². The molecule has 5 nitrogen and oxygen atoms in total. The molecule has 18 heavy (non-hydrogen) atoms. The van der Waals surface area contributed by atoms with E-state index in [2.05, 4.69) is 22.2 Å². The summed E-state index contributed by atoms with van der Waals surface area (Å²) in [7, 11) is 0. The highest BCUT2D eigenvalue weighted by atomic mass is 32.2. The molecule has 0 saturated carbocycles. The minimum atomic E-state index is -0.297. The van der Waals surface area contributed by atoms with Crippen LogP contribution in [0.25, 0.3) is 0 Å². The van der Waals surface area contributed by atoms with Gasteiger partial charge in [0.1, 0.15) is 0 Å². The normalized spacial score (nSPS) is 12.3. The van der Waals surface area contributed by atoms with Gasteiger partial charge >= 0.3 is 0 Å². The maximum atomic E-state index is 11.2. The molecule has 1 aromatic heterocycles. The van der Waals surface area contributed by atoms with Crippen LogP contribution in [0.3, 0.4) is 0 Å². The second kappa shape index (κ2) is 8.05. The molecule has 1 heterocycles. The van der Waals surface area contributed by atoms with E-state index in [-0.39, 0.29) is 11.9 Å². The predicted octanol–water partition coefficient (Wildman–Crippen LogP) is 1.12. The van der Waals surface area contributed by atoms with Crippen molar-refractivity contribution in [1.29, 1.82) is 0 Å². The van der Waals surface area contributed by atoms with Crippen molar-refractivity contribution in [2.75, 3.05) is 12.3 Å². The number of hydrogen-bond donors (Lipinski definition) is 2. The number of hydrogen-bond acceptors (Lipinski definition) is 5. The fourth-order valence-corrected chi connectivity index (χ4v) is 2.31. The van der Waals surface area contributed by atoms with Gasteiger partial charge in [0.05, 0.1) is 6.04 Å². The maximum Gasteiger partial charge on any atom is 0.234 e. The summed E-state index contributed by atoms with van der Waals surface area (Å²) < 4.78 is 0. The van der Waals surface area contributed by atoms with Crippen molar-refractivity contribution < 1.29 is 4.79 Å². The smallest absolute Gasteiger partial charge is 0.234 e. The van der Waals surface area contributed by atoms with Crippen LogP contribution in [0.5, 0.6) is 0 Å². The van der Waals surface area contributed by atoms with Crippen LogP contribution in [-0.4, -0.2) is 34.2 Å². The summed E-state index contributed by atoms with van der Waals surface area (Å²) >= 11 is 1.54. The first kappa shape index (κ1) is 14.9. The Morgan fingerprint density at radius 2 is 2.39 bits per heavy atom. The van der Waals surface area contributed by atoms with Crippen molar-refractivity contribution in [2.45, 2.75) is 37.9 Å². The minimum absolute atomic E-state index is 0.262. The molecule has 0 radical (unpaired) electrons. The number of aryl methyl sites for hydroxylation is 1. The number of amides is 1. The Kier molecular flexibility index (Phi) is 6.67. The number of carbonyl (C=O) groups excluding carboxylic acids is 1. The van der Waals surface area contributed by atoms with E-state index in [4.69, 9.17) is 5.73 Å². The van der Waals surface area contributed by atoms with E-state index < -0.39 is 0 Å². The molecule has 1 aromatic rings. The molecule has 0 aliphatic rings. The average molecular weight is 268 g/mol. The summed E-state index contributed by atoms with van der Waals surface area (Å²) in [5, 5.41) is 3.88. The molecule has 0 aliphatic carbocycles. The highest BCUT2D eigenvalue weighted by molar-refractivity contribution is 7.99. The van der Waals surface area contributed by atoms with Gasteiger partial charge in [0, 0.05) is 17.6 Å². The third-order valence-electron chi connectivity index (χ3n) is 2.39. The lowest BCUT2D eigenvalue weighted by Gasteiger charge is -2.14. The molecule has 1 rings (SSSR count). The molecule has 1 unspecified atom stereocenters. The minimum Gasteiger partial charge on any atom is -0.368 e. The SMILES string of the molecule is CCCNC(CCSc1nccc(C)n1)C(N)=O. The number of carbonyl (C=O) groups is 1. The number of nitrogens with zero attached hydrogens (tertiary/aromatic N) is 2. The summed E-state index contributed by atoms with van der Waals surface area (Å²) in [6, 6.07) is 1.60. The predicted molar refractivity (Wildman–Crippen MR) is 73.4 cm³/mol. The summed E-state index contributed by atoms with van der Waals surface area (Å²) in [6.45, 7) is 4.79. The van der Waals surface area contributed by atoms with Crippen LogP contribution < -0.4 is 11.1 Å². The number of thioether (sulfide) groups is 1. The molecule has 1 atom stereocenters. The Labute approximate surface area is 112 Å². The lowest BCUT2D eigenvalue weighted by molar-refractivity contribution is -0.120. The van der Waals surface area contributed by atoms with Crippen LogP contribution >= 0.6 is 11.8 Å². The fourth-order valence-electron chi connectivity index (χ4n) is 1.43. The summed E-state index contributed by atoms with van der Waals surface area (Å²) in [5.41, 5.74) is 6.29. The summed E-state index contributed by atoms with van der Waals surface area (Å²) in [5.74, 6) is 0.475. The Hall–Kier alpha value is -1.14. The lowest BCUT2D eigenvalue weighted by atomic mass is 10.2. The van der Waals surface area contributed by atoms with Gasteiger partial charge in [-0.3, -0.25) is 4.79 Å². The third-order valence-corrected chi connectivity index (χ3v) is 3.29. The van der Waals surface area contributed by atoms with Gasteiger partial charge in [-0.1, -0.05) is 18.7 Å². The van der Waals surface area contributed by atoms with Gasteiger partial charge in [0.25, 0.3) is 0 Å². The lowest BCUT2D eigenvalue weighted by Crippen LogP contribution is -2.41. The number of primary amides is 1. The van der Waals surface area contributed by atoms with Crippen molar-refractivity contribution in [1.82, 2.24) is 15.3 Å². The molecule has 1 amide bonds. The van der Waals surface area contributed by atoms with Crippen molar-refractivity contribution in [3.8, 4) is 0 Å². The Morgan fingerprint density at radius 3 is 3.00 bits per heavy atom. The molecular formula is C12H20N4OS. The standard InChI is InChI=1S/C12H20N4OS/c1-3-6-14-10(11(13)17)5-8-18-12-15-7-4-9(2)16-12/h4,7,10,14H,3,5-6,8H2,1-2H3,(H2,13,17). The second-order valence-electron chi connectivity index (χ2n) is 4.03.